The highest BCUT2D eigenvalue weighted by molar-refractivity contribution is 9.10. The van der Waals surface area contributed by atoms with Crippen LogP contribution >= 0.6 is 15.9 Å². The van der Waals surface area contributed by atoms with E-state index in [0.717, 1.165) is 32.6 Å². The van der Waals surface area contributed by atoms with Gasteiger partial charge in [-0.25, -0.2) is 4.98 Å². The van der Waals surface area contributed by atoms with Gasteiger partial charge < -0.3 is 5.32 Å². The first-order chi connectivity index (χ1) is 9.24. The van der Waals surface area contributed by atoms with Gasteiger partial charge in [-0.3, -0.25) is 4.98 Å². The first kappa shape index (κ1) is 12.1. The minimum atomic E-state index is 0.790. The van der Waals surface area contributed by atoms with Crippen LogP contribution in [0.3, 0.4) is 0 Å². The lowest BCUT2D eigenvalue weighted by atomic mass is 10.1. The van der Waals surface area contributed by atoms with E-state index in [0.29, 0.717) is 0 Å². The third-order valence-electron chi connectivity index (χ3n) is 2.87. The maximum atomic E-state index is 4.60. The van der Waals surface area contributed by atoms with Gasteiger partial charge in [0.25, 0.3) is 0 Å². The zero-order chi connectivity index (χ0) is 13.2. The predicted octanol–water partition coefficient (Wildman–Crippen LogP) is 4.44. The lowest BCUT2D eigenvalue weighted by Gasteiger charge is -2.10. The van der Waals surface area contributed by atoms with Crippen LogP contribution in [0.15, 0.2) is 53.1 Å². The molecule has 0 bridgehead atoms. The first-order valence-electron chi connectivity index (χ1n) is 5.98. The molecule has 0 radical (unpaired) electrons. The number of aromatic nitrogens is 2. The van der Waals surface area contributed by atoms with E-state index in [9.17, 15) is 0 Å². The molecule has 0 atom stereocenters. The quantitative estimate of drug-likeness (QED) is 0.759. The van der Waals surface area contributed by atoms with Crippen molar-refractivity contribution in [1.29, 1.82) is 0 Å². The Morgan fingerprint density at radius 3 is 2.79 bits per heavy atom. The standard InChI is InChI=1S/C15H12BrN3/c1-10-7-8-11-4-2-6-13(14(11)18-10)19-15-12(16)5-3-9-17-15/h2-9H,1H3,(H,17,19). The summed E-state index contributed by atoms with van der Waals surface area (Å²) < 4.78 is 0.930. The van der Waals surface area contributed by atoms with E-state index < -0.39 is 0 Å². The van der Waals surface area contributed by atoms with Crippen LogP contribution in [0, 0.1) is 6.92 Å². The van der Waals surface area contributed by atoms with Gasteiger partial charge in [0.05, 0.1) is 15.7 Å². The molecule has 3 rings (SSSR count). The second kappa shape index (κ2) is 4.97. The number of benzene rings is 1. The van der Waals surface area contributed by atoms with Gasteiger partial charge in [0.2, 0.25) is 0 Å². The Balaban J connectivity index is 2.10. The van der Waals surface area contributed by atoms with Crippen molar-refractivity contribution >= 4 is 38.3 Å². The predicted molar refractivity (Wildman–Crippen MR) is 81.7 cm³/mol. The first-order valence-corrected chi connectivity index (χ1v) is 6.77. The highest BCUT2D eigenvalue weighted by Gasteiger charge is 2.05. The number of hydrogen-bond donors (Lipinski definition) is 1. The van der Waals surface area contributed by atoms with E-state index >= 15 is 0 Å². The molecule has 2 aromatic heterocycles. The molecule has 3 nitrogen and oxygen atoms in total. The summed E-state index contributed by atoms with van der Waals surface area (Å²) in [4.78, 5) is 8.91. The van der Waals surface area contributed by atoms with Crippen LogP contribution in [-0.2, 0) is 0 Å². The molecule has 94 valence electrons. The van der Waals surface area contributed by atoms with Crippen molar-refractivity contribution in [1.82, 2.24) is 9.97 Å². The molecule has 0 saturated heterocycles. The Bertz CT molecular complexity index is 740. The van der Waals surface area contributed by atoms with Gasteiger partial charge in [-0.05, 0) is 47.1 Å². The average molecular weight is 314 g/mol. The Labute approximate surface area is 119 Å². The molecule has 4 heteroatoms. The average Bonchev–Trinajstić information content (AvgIpc) is 2.42. The lowest BCUT2D eigenvalue weighted by Crippen LogP contribution is -1.96. The summed E-state index contributed by atoms with van der Waals surface area (Å²) in [6.07, 6.45) is 1.76. The molecule has 1 aromatic carbocycles. The van der Waals surface area contributed by atoms with Crippen LogP contribution < -0.4 is 5.32 Å². The summed E-state index contributed by atoms with van der Waals surface area (Å²) in [5.74, 6) is 0.790. The van der Waals surface area contributed by atoms with Crippen molar-refractivity contribution < 1.29 is 0 Å². The van der Waals surface area contributed by atoms with Crippen LogP contribution in [0.5, 0.6) is 0 Å². The van der Waals surface area contributed by atoms with Gasteiger partial charge in [0.15, 0.2) is 0 Å². The maximum Gasteiger partial charge on any atom is 0.144 e. The summed E-state index contributed by atoms with van der Waals surface area (Å²) in [5.41, 5.74) is 2.92. The van der Waals surface area contributed by atoms with Crippen molar-refractivity contribution in [2.75, 3.05) is 5.32 Å². The Morgan fingerprint density at radius 2 is 1.95 bits per heavy atom. The molecular formula is C15H12BrN3. The summed E-state index contributed by atoms with van der Waals surface area (Å²) in [5, 5.41) is 4.44. The zero-order valence-electron chi connectivity index (χ0n) is 10.4. The highest BCUT2D eigenvalue weighted by Crippen LogP contribution is 2.27. The van der Waals surface area contributed by atoms with Crippen molar-refractivity contribution in [2.45, 2.75) is 6.92 Å². The Hall–Kier alpha value is -1.94. The normalized spacial score (nSPS) is 10.6. The van der Waals surface area contributed by atoms with Crippen LogP contribution in [0.25, 0.3) is 10.9 Å². The number of anilines is 2. The van der Waals surface area contributed by atoms with Gasteiger partial charge >= 0.3 is 0 Å². The third-order valence-corrected chi connectivity index (χ3v) is 3.51. The van der Waals surface area contributed by atoms with Gasteiger partial charge in [0.1, 0.15) is 5.82 Å². The Morgan fingerprint density at radius 1 is 1.05 bits per heavy atom. The smallest absolute Gasteiger partial charge is 0.144 e. The number of para-hydroxylation sites is 1. The largest absolute Gasteiger partial charge is 0.338 e. The number of hydrogen-bond acceptors (Lipinski definition) is 3. The molecule has 0 fully saturated rings. The van der Waals surface area contributed by atoms with Crippen molar-refractivity contribution in [2.24, 2.45) is 0 Å². The fourth-order valence-electron chi connectivity index (χ4n) is 1.95. The highest BCUT2D eigenvalue weighted by atomic mass is 79.9. The molecule has 0 saturated carbocycles. The zero-order valence-corrected chi connectivity index (χ0v) is 12.0. The molecule has 0 spiro atoms. The van der Waals surface area contributed by atoms with Crippen LogP contribution in [0.2, 0.25) is 0 Å². The molecule has 19 heavy (non-hydrogen) atoms. The van der Waals surface area contributed by atoms with Gasteiger partial charge in [-0.1, -0.05) is 18.2 Å². The van der Waals surface area contributed by atoms with E-state index in [1.165, 1.54) is 0 Å². The SMILES string of the molecule is Cc1ccc2cccc(Nc3ncccc3Br)c2n1. The van der Waals surface area contributed by atoms with Crippen molar-refractivity contribution in [3.8, 4) is 0 Å². The molecular weight excluding hydrogens is 302 g/mol. The van der Waals surface area contributed by atoms with Crippen LogP contribution in [0.4, 0.5) is 11.5 Å². The fourth-order valence-corrected chi connectivity index (χ4v) is 2.30. The molecule has 0 amide bonds. The topological polar surface area (TPSA) is 37.8 Å². The maximum absolute atomic E-state index is 4.60. The number of rotatable bonds is 2. The van der Waals surface area contributed by atoms with Gasteiger partial charge in [-0.2, -0.15) is 0 Å². The number of pyridine rings is 2. The van der Waals surface area contributed by atoms with Crippen molar-refractivity contribution in [3.05, 3.63) is 58.8 Å². The summed E-state index contributed by atoms with van der Waals surface area (Å²) in [6.45, 7) is 1.99. The van der Waals surface area contributed by atoms with Crippen LogP contribution in [0.1, 0.15) is 5.69 Å². The van der Waals surface area contributed by atoms with Gasteiger partial charge in [0, 0.05) is 17.3 Å². The number of aryl methyl sites for hydroxylation is 1. The summed E-state index contributed by atoms with van der Waals surface area (Å²) in [7, 11) is 0. The number of nitrogens with one attached hydrogen (secondary N) is 1. The number of halogens is 1. The number of fused-ring (bicyclic) bond motifs is 1. The molecule has 0 aliphatic rings. The van der Waals surface area contributed by atoms with E-state index in [1.807, 2.05) is 37.3 Å². The second-order valence-corrected chi connectivity index (χ2v) is 5.14. The molecule has 1 N–H and O–H groups in total. The molecule has 0 unspecified atom stereocenters. The third kappa shape index (κ3) is 2.44. The van der Waals surface area contributed by atoms with E-state index in [4.69, 9.17) is 0 Å². The monoisotopic (exact) mass is 313 g/mol. The second-order valence-electron chi connectivity index (χ2n) is 4.29. The minimum absolute atomic E-state index is 0.790. The molecule has 0 aliphatic carbocycles. The minimum Gasteiger partial charge on any atom is -0.338 e. The summed E-state index contributed by atoms with van der Waals surface area (Å²) in [6, 6.07) is 14.0. The molecule has 2 heterocycles. The lowest BCUT2D eigenvalue weighted by molar-refractivity contribution is 1.25. The van der Waals surface area contributed by atoms with Crippen molar-refractivity contribution in [3.63, 3.8) is 0 Å². The summed E-state index contributed by atoms with van der Waals surface area (Å²) >= 11 is 3.49. The molecule has 0 aliphatic heterocycles. The van der Waals surface area contributed by atoms with E-state index in [1.54, 1.807) is 6.20 Å². The fraction of sp³-hybridized carbons (Fsp3) is 0.0667. The van der Waals surface area contributed by atoms with Gasteiger partial charge in [-0.15, -0.1) is 0 Å². The molecule has 3 aromatic rings. The van der Waals surface area contributed by atoms with E-state index in [-0.39, 0.29) is 0 Å². The van der Waals surface area contributed by atoms with Crippen LogP contribution in [-0.4, -0.2) is 9.97 Å². The number of nitrogens with zero attached hydrogens (tertiary/aromatic N) is 2. The Kier molecular flexibility index (Phi) is 3.17. The van der Waals surface area contributed by atoms with E-state index in [2.05, 4.69) is 43.3 Å².